The minimum atomic E-state index is -3.52. The summed E-state index contributed by atoms with van der Waals surface area (Å²) in [6, 6.07) is 19.1. The number of rotatable bonds is 6. The number of hydrogen-bond donors (Lipinski definition) is 1. The SMILES string of the molecule is O=C(Nc1ccc(N2CCN(S(=O)(=O)c3ccccc3)CC2)cc1)c1cc([N+](=O)[O-])ccc1Cl. The van der Waals surface area contributed by atoms with Gasteiger partial charge >= 0.3 is 0 Å². The zero-order chi connectivity index (χ0) is 24.3. The highest BCUT2D eigenvalue weighted by Crippen LogP contribution is 2.25. The fraction of sp³-hybridized carbons (Fsp3) is 0.174. The van der Waals surface area contributed by atoms with E-state index < -0.39 is 20.9 Å². The number of nitro groups is 1. The Morgan fingerprint density at radius 1 is 0.941 bits per heavy atom. The van der Waals surface area contributed by atoms with Crippen molar-refractivity contribution in [2.24, 2.45) is 0 Å². The molecule has 0 aliphatic carbocycles. The smallest absolute Gasteiger partial charge is 0.270 e. The lowest BCUT2D eigenvalue weighted by atomic mass is 10.1. The fourth-order valence-electron chi connectivity index (χ4n) is 3.68. The van der Waals surface area contributed by atoms with Gasteiger partial charge in [0.15, 0.2) is 0 Å². The topological polar surface area (TPSA) is 113 Å². The second-order valence-corrected chi connectivity index (χ2v) is 9.97. The number of anilines is 2. The largest absolute Gasteiger partial charge is 0.369 e. The van der Waals surface area contributed by atoms with Gasteiger partial charge in [-0.15, -0.1) is 0 Å². The van der Waals surface area contributed by atoms with E-state index in [9.17, 15) is 23.3 Å². The summed E-state index contributed by atoms with van der Waals surface area (Å²) >= 11 is 6.03. The number of nitrogens with zero attached hydrogens (tertiary/aromatic N) is 3. The molecule has 0 spiro atoms. The number of carbonyl (C=O) groups excluding carboxylic acids is 1. The van der Waals surface area contributed by atoms with Crippen LogP contribution in [0.15, 0.2) is 77.7 Å². The monoisotopic (exact) mass is 500 g/mol. The molecule has 3 aromatic carbocycles. The van der Waals surface area contributed by atoms with Crippen LogP contribution in [0.5, 0.6) is 0 Å². The molecule has 1 saturated heterocycles. The van der Waals surface area contributed by atoms with Crippen LogP contribution in [0.4, 0.5) is 17.1 Å². The first kappa shape index (κ1) is 23.7. The number of piperazine rings is 1. The molecule has 1 fully saturated rings. The van der Waals surface area contributed by atoms with Crippen LogP contribution in [0.3, 0.4) is 0 Å². The predicted molar refractivity (Wildman–Crippen MR) is 130 cm³/mol. The Hall–Kier alpha value is -3.47. The summed E-state index contributed by atoms with van der Waals surface area (Å²) < 4.78 is 27.1. The van der Waals surface area contributed by atoms with Gasteiger partial charge in [0.25, 0.3) is 11.6 Å². The Kier molecular flexibility index (Phi) is 6.82. The van der Waals surface area contributed by atoms with E-state index >= 15 is 0 Å². The van der Waals surface area contributed by atoms with Crippen LogP contribution in [0.1, 0.15) is 10.4 Å². The molecule has 34 heavy (non-hydrogen) atoms. The summed E-state index contributed by atoms with van der Waals surface area (Å²) in [6.07, 6.45) is 0. The van der Waals surface area contributed by atoms with E-state index in [4.69, 9.17) is 11.6 Å². The second-order valence-electron chi connectivity index (χ2n) is 7.63. The van der Waals surface area contributed by atoms with Crippen molar-refractivity contribution in [1.29, 1.82) is 0 Å². The molecule has 0 unspecified atom stereocenters. The zero-order valence-corrected chi connectivity index (χ0v) is 19.5. The van der Waals surface area contributed by atoms with E-state index in [1.165, 1.54) is 16.4 Å². The van der Waals surface area contributed by atoms with Crippen molar-refractivity contribution in [2.75, 3.05) is 36.4 Å². The van der Waals surface area contributed by atoms with Crippen LogP contribution in [0.2, 0.25) is 5.02 Å². The molecule has 1 N–H and O–H groups in total. The summed E-state index contributed by atoms with van der Waals surface area (Å²) in [5, 5.41) is 13.8. The minimum absolute atomic E-state index is 0.00990. The van der Waals surface area contributed by atoms with Crippen molar-refractivity contribution in [2.45, 2.75) is 4.90 Å². The molecule has 11 heteroatoms. The Balaban J connectivity index is 1.39. The van der Waals surface area contributed by atoms with Gasteiger partial charge in [-0.3, -0.25) is 14.9 Å². The van der Waals surface area contributed by atoms with Gasteiger partial charge in [0, 0.05) is 49.7 Å². The quantitative estimate of drug-likeness (QED) is 0.404. The minimum Gasteiger partial charge on any atom is -0.369 e. The Bertz CT molecular complexity index is 1310. The molecular formula is C23H21ClN4O5S. The molecule has 0 atom stereocenters. The molecule has 1 heterocycles. The van der Waals surface area contributed by atoms with E-state index in [1.54, 1.807) is 42.5 Å². The first-order valence-corrected chi connectivity index (χ1v) is 12.2. The highest BCUT2D eigenvalue weighted by Gasteiger charge is 2.28. The lowest BCUT2D eigenvalue weighted by Crippen LogP contribution is -2.48. The van der Waals surface area contributed by atoms with Crippen molar-refractivity contribution >= 4 is 44.6 Å². The van der Waals surface area contributed by atoms with E-state index in [1.807, 2.05) is 12.1 Å². The van der Waals surface area contributed by atoms with E-state index in [0.29, 0.717) is 31.9 Å². The Labute approximate surface area is 201 Å². The number of hydrogen-bond acceptors (Lipinski definition) is 6. The summed E-state index contributed by atoms with van der Waals surface area (Å²) in [5.41, 5.74) is 1.18. The normalized spacial score (nSPS) is 14.6. The van der Waals surface area contributed by atoms with Crippen LogP contribution in [-0.2, 0) is 10.0 Å². The van der Waals surface area contributed by atoms with Crippen molar-refractivity contribution in [1.82, 2.24) is 4.31 Å². The number of amides is 1. The molecular weight excluding hydrogens is 480 g/mol. The molecule has 1 aliphatic heterocycles. The van der Waals surface area contributed by atoms with E-state index in [-0.39, 0.29) is 21.2 Å². The molecule has 0 bridgehead atoms. The van der Waals surface area contributed by atoms with E-state index in [0.717, 1.165) is 11.8 Å². The van der Waals surface area contributed by atoms with Gasteiger partial charge in [0.2, 0.25) is 10.0 Å². The average molecular weight is 501 g/mol. The molecule has 176 valence electrons. The second kappa shape index (κ2) is 9.80. The first-order chi connectivity index (χ1) is 16.3. The van der Waals surface area contributed by atoms with Gasteiger partial charge in [0.05, 0.1) is 20.4 Å². The van der Waals surface area contributed by atoms with Gasteiger partial charge in [-0.1, -0.05) is 29.8 Å². The number of benzene rings is 3. The standard InChI is InChI=1S/C23H21ClN4O5S/c24-22-11-10-19(28(30)31)16-21(22)23(29)25-17-6-8-18(9-7-17)26-12-14-27(15-13-26)34(32,33)20-4-2-1-3-5-20/h1-11,16H,12-15H2,(H,25,29). The van der Waals surface area contributed by atoms with Crippen LogP contribution >= 0.6 is 11.6 Å². The van der Waals surface area contributed by atoms with Crippen LogP contribution in [0, 0.1) is 10.1 Å². The average Bonchev–Trinajstić information content (AvgIpc) is 2.85. The van der Waals surface area contributed by atoms with Crippen LogP contribution < -0.4 is 10.2 Å². The summed E-state index contributed by atoms with van der Waals surface area (Å²) in [5.74, 6) is -0.554. The van der Waals surface area contributed by atoms with Gasteiger partial charge in [-0.2, -0.15) is 4.31 Å². The highest BCUT2D eigenvalue weighted by molar-refractivity contribution is 7.89. The fourth-order valence-corrected chi connectivity index (χ4v) is 5.33. The summed E-state index contributed by atoms with van der Waals surface area (Å²) in [6.45, 7) is 1.78. The van der Waals surface area contributed by atoms with Crippen molar-refractivity contribution in [3.8, 4) is 0 Å². The van der Waals surface area contributed by atoms with Crippen molar-refractivity contribution in [3.05, 3.63) is 93.5 Å². The van der Waals surface area contributed by atoms with Crippen molar-refractivity contribution < 1.29 is 18.1 Å². The van der Waals surface area contributed by atoms with Gasteiger partial charge < -0.3 is 10.2 Å². The maximum Gasteiger partial charge on any atom is 0.270 e. The lowest BCUT2D eigenvalue weighted by Gasteiger charge is -2.35. The van der Waals surface area contributed by atoms with E-state index in [2.05, 4.69) is 10.2 Å². The number of sulfonamides is 1. The predicted octanol–water partition coefficient (Wildman–Crippen LogP) is 4.01. The Morgan fingerprint density at radius 3 is 2.21 bits per heavy atom. The third-order valence-electron chi connectivity index (χ3n) is 5.52. The van der Waals surface area contributed by atoms with Gasteiger partial charge in [-0.05, 0) is 42.5 Å². The number of non-ortho nitro benzene ring substituents is 1. The molecule has 0 saturated carbocycles. The molecule has 3 aromatic rings. The molecule has 0 radical (unpaired) electrons. The summed E-state index contributed by atoms with van der Waals surface area (Å²) in [4.78, 5) is 25.3. The third-order valence-corrected chi connectivity index (χ3v) is 7.76. The number of nitro benzene ring substituents is 1. The van der Waals surface area contributed by atoms with Crippen LogP contribution in [0.25, 0.3) is 0 Å². The van der Waals surface area contributed by atoms with Gasteiger partial charge in [0.1, 0.15) is 0 Å². The van der Waals surface area contributed by atoms with Crippen molar-refractivity contribution in [3.63, 3.8) is 0 Å². The van der Waals surface area contributed by atoms with Crippen LogP contribution in [-0.4, -0.2) is 49.7 Å². The molecule has 4 rings (SSSR count). The number of nitrogens with one attached hydrogen (secondary N) is 1. The zero-order valence-electron chi connectivity index (χ0n) is 17.9. The number of carbonyl (C=O) groups is 1. The molecule has 1 aliphatic rings. The first-order valence-electron chi connectivity index (χ1n) is 10.4. The third kappa shape index (κ3) is 5.04. The molecule has 1 amide bonds. The highest BCUT2D eigenvalue weighted by atomic mass is 35.5. The lowest BCUT2D eigenvalue weighted by molar-refractivity contribution is -0.384. The van der Waals surface area contributed by atoms with Gasteiger partial charge in [-0.25, -0.2) is 8.42 Å². The molecule has 0 aromatic heterocycles. The molecule has 9 nitrogen and oxygen atoms in total. The summed E-state index contributed by atoms with van der Waals surface area (Å²) in [7, 11) is -3.52. The Morgan fingerprint density at radius 2 is 1.59 bits per heavy atom. The number of halogens is 1. The maximum atomic E-state index is 12.8. The maximum absolute atomic E-state index is 12.8.